The summed E-state index contributed by atoms with van der Waals surface area (Å²) >= 11 is 0. The molecule has 0 N–H and O–H groups in total. The van der Waals surface area contributed by atoms with Gasteiger partial charge in [0.05, 0.1) is 17.8 Å². The second-order valence-corrected chi connectivity index (χ2v) is 4.35. The smallest absolute Gasteiger partial charge is 0.135 e. The van der Waals surface area contributed by atoms with Gasteiger partial charge in [-0.2, -0.15) is 5.26 Å². The van der Waals surface area contributed by atoms with Crippen molar-refractivity contribution in [2.24, 2.45) is 4.99 Å². The van der Waals surface area contributed by atoms with Gasteiger partial charge in [0.1, 0.15) is 11.9 Å². The number of rotatable bonds is 2. The normalized spacial score (nSPS) is 14.1. The number of amidine groups is 1. The summed E-state index contributed by atoms with van der Waals surface area (Å²) in [5.74, 6) is 0.948. The molecule has 2 aromatic rings. The highest BCUT2D eigenvalue weighted by Crippen LogP contribution is 2.24. The highest BCUT2D eigenvalue weighted by Gasteiger charge is 2.21. The van der Waals surface area contributed by atoms with Gasteiger partial charge in [-0.15, -0.1) is 0 Å². The van der Waals surface area contributed by atoms with Gasteiger partial charge in [-0.3, -0.25) is 4.99 Å². The largest absolute Gasteiger partial charge is 0.323 e. The van der Waals surface area contributed by atoms with Crippen molar-refractivity contribution in [2.75, 3.05) is 18.0 Å². The van der Waals surface area contributed by atoms with Crippen molar-refractivity contribution in [1.29, 1.82) is 5.26 Å². The predicted octanol–water partition coefficient (Wildman–Crippen LogP) is 2.83. The van der Waals surface area contributed by atoms with Crippen LogP contribution in [0.1, 0.15) is 11.1 Å². The second kappa shape index (κ2) is 4.95. The van der Waals surface area contributed by atoms with Crippen LogP contribution in [0.15, 0.2) is 59.6 Å². The first-order chi connectivity index (χ1) is 9.40. The monoisotopic (exact) mass is 247 g/mol. The molecule has 0 aliphatic carbocycles. The van der Waals surface area contributed by atoms with Crippen LogP contribution in [0, 0.1) is 11.3 Å². The van der Waals surface area contributed by atoms with E-state index in [0.717, 1.165) is 30.2 Å². The number of para-hydroxylation sites is 1. The number of hydrogen-bond acceptors (Lipinski definition) is 3. The molecule has 19 heavy (non-hydrogen) atoms. The average molecular weight is 247 g/mol. The summed E-state index contributed by atoms with van der Waals surface area (Å²) in [5.41, 5.74) is 2.71. The van der Waals surface area contributed by atoms with Crippen LogP contribution in [0.2, 0.25) is 0 Å². The van der Waals surface area contributed by atoms with Crippen molar-refractivity contribution in [2.45, 2.75) is 0 Å². The molecular formula is C16H13N3. The molecule has 0 bridgehead atoms. The Hall–Kier alpha value is -2.60. The van der Waals surface area contributed by atoms with E-state index >= 15 is 0 Å². The van der Waals surface area contributed by atoms with Crippen molar-refractivity contribution in [1.82, 2.24) is 0 Å². The molecule has 0 radical (unpaired) electrons. The van der Waals surface area contributed by atoms with Crippen LogP contribution in [-0.2, 0) is 0 Å². The highest BCUT2D eigenvalue weighted by molar-refractivity contribution is 6.11. The highest BCUT2D eigenvalue weighted by atomic mass is 15.2. The summed E-state index contributed by atoms with van der Waals surface area (Å²) in [6.07, 6.45) is 0. The number of nitrogens with zero attached hydrogens (tertiary/aromatic N) is 3. The topological polar surface area (TPSA) is 39.4 Å². The van der Waals surface area contributed by atoms with Crippen LogP contribution in [0.3, 0.4) is 0 Å². The maximum Gasteiger partial charge on any atom is 0.135 e. The summed E-state index contributed by atoms with van der Waals surface area (Å²) in [6, 6.07) is 20.0. The Morgan fingerprint density at radius 1 is 1.00 bits per heavy atom. The van der Waals surface area contributed by atoms with Crippen molar-refractivity contribution in [3.8, 4) is 6.07 Å². The molecule has 0 atom stereocenters. The Morgan fingerprint density at radius 2 is 1.74 bits per heavy atom. The quantitative estimate of drug-likeness (QED) is 0.818. The van der Waals surface area contributed by atoms with E-state index in [-0.39, 0.29) is 0 Å². The molecule has 0 amide bonds. The molecule has 3 rings (SSSR count). The lowest BCUT2D eigenvalue weighted by Gasteiger charge is -2.21. The Morgan fingerprint density at radius 3 is 2.53 bits per heavy atom. The zero-order valence-electron chi connectivity index (χ0n) is 10.5. The van der Waals surface area contributed by atoms with Gasteiger partial charge >= 0.3 is 0 Å². The Balaban J connectivity index is 2.03. The number of benzene rings is 2. The van der Waals surface area contributed by atoms with Gasteiger partial charge in [-0.05, 0) is 12.1 Å². The standard InChI is InChI=1S/C16H13N3/c17-12-14-8-4-5-9-15(14)19-11-10-18-16(19)13-6-2-1-3-7-13/h1-9H,10-11H2. The molecule has 1 heterocycles. The molecule has 1 aliphatic rings. The fourth-order valence-electron chi connectivity index (χ4n) is 2.32. The molecule has 0 unspecified atom stereocenters. The molecular weight excluding hydrogens is 234 g/mol. The number of aliphatic imine (C=N–C) groups is 1. The Bertz CT molecular complexity index is 653. The number of hydrogen-bond donors (Lipinski definition) is 0. The molecule has 92 valence electrons. The molecule has 3 nitrogen and oxygen atoms in total. The van der Waals surface area contributed by atoms with E-state index in [4.69, 9.17) is 0 Å². The minimum absolute atomic E-state index is 0.688. The predicted molar refractivity (Wildman–Crippen MR) is 76.3 cm³/mol. The van der Waals surface area contributed by atoms with E-state index in [2.05, 4.69) is 16.0 Å². The van der Waals surface area contributed by atoms with Crippen LogP contribution in [0.25, 0.3) is 0 Å². The van der Waals surface area contributed by atoms with Gasteiger partial charge < -0.3 is 4.90 Å². The van der Waals surface area contributed by atoms with Gasteiger partial charge in [-0.1, -0.05) is 42.5 Å². The molecule has 0 fully saturated rings. The Kier molecular flexibility index (Phi) is 2.99. The zero-order chi connectivity index (χ0) is 13.1. The van der Waals surface area contributed by atoms with Crippen molar-refractivity contribution < 1.29 is 0 Å². The Labute approximate surface area is 112 Å². The third-order valence-corrected chi connectivity index (χ3v) is 3.19. The van der Waals surface area contributed by atoms with E-state index in [1.165, 1.54) is 0 Å². The van der Waals surface area contributed by atoms with Crippen molar-refractivity contribution >= 4 is 11.5 Å². The minimum atomic E-state index is 0.688. The summed E-state index contributed by atoms with van der Waals surface area (Å²) < 4.78 is 0. The molecule has 2 aromatic carbocycles. The first-order valence-corrected chi connectivity index (χ1v) is 6.26. The zero-order valence-corrected chi connectivity index (χ0v) is 10.5. The van der Waals surface area contributed by atoms with E-state index in [9.17, 15) is 5.26 Å². The third kappa shape index (κ3) is 2.09. The molecule has 0 aromatic heterocycles. The van der Waals surface area contributed by atoms with Gasteiger partial charge in [0, 0.05) is 12.1 Å². The molecule has 0 spiro atoms. The first-order valence-electron chi connectivity index (χ1n) is 6.26. The third-order valence-electron chi connectivity index (χ3n) is 3.19. The lowest BCUT2D eigenvalue weighted by Crippen LogP contribution is -2.28. The van der Waals surface area contributed by atoms with Crippen LogP contribution < -0.4 is 4.90 Å². The van der Waals surface area contributed by atoms with Crippen LogP contribution >= 0.6 is 0 Å². The number of nitriles is 1. The maximum absolute atomic E-state index is 9.22. The fraction of sp³-hybridized carbons (Fsp3) is 0.125. The summed E-state index contributed by atoms with van der Waals surface area (Å²) in [7, 11) is 0. The molecule has 0 saturated carbocycles. The molecule has 3 heteroatoms. The summed E-state index contributed by atoms with van der Waals surface area (Å²) in [5, 5.41) is 9.22. The van der Waals surface area contributed by atoms with E-state index in [1.807, 2.05) is 54.6 Å². The minimum Gasteiger partial charge on any atom is -0.323 e. The average Bonchev–Trinajstić information content (AvgIpc) is 2.97. The second-order valence-electron chi connectivity index (χ2n) is 4.35. The molecule has 0 saturated heterocycles. The van der Waals surface area contributed by atoms with Crippen molar-refractivity contribution in [3.05, 3.63) is 65.7 Å². The van der Waals surface area contributed by atoms with E-state index < -0.39 is 0 Å². The fourth-order valence-corrected chi connectivity index (χ4v) is 2.32. The lowest BCUT2D eigenvalue weighted by molar-refractivity contribution is 1.02. The molecule has 1 aliphatic heterocycles. The first kappa shape index (κ1) is 11.5. The van der Waals surface area contributed by atoms with Gasteiger partial charge in [0.15, 0.2) is 0 Å². The van der Waals surface area contributed by atoms with Gasteiger partial charge in [-0.25, -0.2) is 0 Å². The SMILES string of the molecule is N#Cc1ccccc1N1CCN=C1c1ccccc1. The van der Waals surface area contributed by atoms with Crippen molar-refractivity contribution in [3.63, 3.8) is 0 Å². The maximum atomic E-state index is 9.22. The number of anilines is 1. The van der Waals surface area contributed by atoms with Crippen LogP contribution in [-0.4, -0.2) is 18.9 Å². The van der Waals surface area contributed by atoms with Gasteiger partial charge in [0.25, 0.3) is 0 Å². The van der Waals surface area contributed by atoms with E-state index in [1.54, 1.807) is 0 Å². The summed E-state index contributed by atoms with van der Waals surface area (Å²) in [6.45, 7) is 1.59. The van der Waals surface area contributed by atoms with Gasteiger partial charge in [0.2, 0.25) is 0 Å². The van der Waals surface area contributed by atoms with Crippen LogP contribution in [0.5, 0.6) is 0 Å². The van der Waals surface area contributed by atoms with E-state index in [0.29, 0.717) is 5.56 Å². The summed E-state index contributed by atoms with van der Waals surface area (Å²) in [4.78, 5) is 6.69. The lowest BCUT2D eigenvalue weighted by atomic mass is 10.1. The van der Waals surface area contributed by atoms with Crippen LogP contribution in [0.4, 0.5) is 5.69 Å².